The lowest BCUT2D eigenvalue weighted by molar-refractivity contribution is -0.230. The number of hydrogen-bond donors (Lipinski definition) is 0. The van der Waals surface area contributed by atoms with Crippen molar-refractivity contribution in [2.75, 3.05) is 26.4 Å². The van der Waals surface area contributed by atoms with Crippen LogP contribution < -0.4 is 0 Å². The molecule has 42 heavy (non-hydrogen) atoms. The molecule has 0 amide bonds. The quantitative estimate of drug-likeness (QED) is 0.0822. The normalized spacial score (nSPS) is 17.6. The zero-order chi connectivity index (χ0) is 31.2. The summed E-state index contributed by atoms with van der Waals surface area (Å²) in [4.78, 5) is 70.4. The SMILES string of the molecule is C=CC(=O)OCCCCC(=O)OC1C[C@@H](OC(=O)CCCCOC(=O)C=C)[C@H](OC(=O)CCCCOC(=O)C=C)CO1. The summed E-state index contributed by atoms with van der Waals surface area (Å²) in [6.45, 7) is 10.1. The molecule has 1 aliphatic heterocycles. The van der Waals surface area contributed by atoms with Crippen molar-refractivity contribution >= 4 is 35.8 Å². The van der Waals surface area contributed by atoms with Crippen LogP contribution in [0.2, 0.25) is 0 Å². The average Bonchev–Trinajstić information content (AvgIpc) is 2.97. The average molecular weight is 597 g/mol. The van der Waals surface area contributed by atoms with Crippen molar-refractivity contribution in [2.24, 2.45) is 0 Å². The van der Waals surface area contributed by atoms with E-state index in [0.29, 0.717) is 38.5 Å². The molecule has 234 valence electrons. The summed E-state index contributed by atoms with van der Waals surface area (Å²) in [5.41, 5.74) is 0. The van der Waals surface area contributed by atoms with E-state index in [-0.39, 0.29) is 52.1 Å². The van der Waals surface area contributed by atoms with E-state index in [0.717, 1.165) is 18.2 Å². The van der Waals surface area contributed by atoms with E-state index >= 15 is 0 Å². The number of ether oxygens (including phenoxy) is 7. The molecule has 1 fully saturated rings. The highest BCUT2D eigenvalue weighted by molar-refractivity contribution is 5.81. The van der Waals surface area contributed by atoms with Gasteiger partial charge >= 0.3 is 35.8 Å². The van der Waals surface area contributed by atoms with Gasteiger partial charge in [-0.05, 0) is 38.5 Å². The fourth-order valence-electron chi connectivity index (χ4n) is 3.51. The van der Waals surface area contributed by atoms with E-state index in [1.807, 2.05) is 0 Å². The second-order valence-corrected chi connectivity index (χ2v) is 9.03. The second kappa shape index (κ2) is 21.7. The lowest BCUT2D eigenvalue weighted by Gasteiger charge is -2.34. The molecular formula is C29H40O13. The molecule has 0 aromatic carbocycles. The van der Waals surface area contributed by atoms with Crippen LogP contribution >= 0.6 is 0 Å². The van der Waals surface area contributed by atoms with Crippen molar-refractivity contribution in [2.45, 2.75) is 82.7 Å². The van der Waals surface area contributed by atoms with Gasteiger partial charge in [0.25, 0.3) is 0 Å². The molecule has 0 radical (unpaired) electrons. The van der Waals surface area contributed by atoms with Crippen molar-refractivity contribution in [3.8, 4) is 0 Å². The van der Waals surface area contributed by atoms with Gasteiger partial charge in [0.1, 0.15) is 6.10 Å². The van der Waals surface area contributed by atoms with Crippen molar-refractivity contribution in [1.29, 1.82) is 0 Å². The van der Waals surface area contributed by atoms with Crippen LogP contribution in [-0.2, 0) is 61.9 Å². The van der Waals surface area contributed by atoms with Crippen LogP contribution in [0.4, 0.5) is 0 Å². The summed E-state index contributed by atoms with van der Waals surface area (Å²) in [5, 5.41) is 0. The Bertz CT molecular complexity index is 942. The number of carbonyl (C=O) groups excluding carboxylic acids is 6. The van der Waals surface area contributed by atoms with Gasteiger partial charge in [-0.2, -0.15) is 0 Å². The fourth-order valence-corrected chi connectivity index (χ4v) is 3.51. The maximum Gasteiger partial charge on any atom is 0.330 e. The molecular weight excluding hydrogens is 556 g/mol. The fraction of sp³-hybridized carbons (Fsp3) is 0.586. The minimum Gasteiger partial charge on any atom is -0.463 e. The predicted octanol–water partition coefficient (Wildman–Crippen LogP) is 2.80. The van der Waals surface area contributed by atoms with Gasteiger partial charge in [0.05, 0.1) is 32.8 Å². The Labute approximate surface area is 245 Å². The molecule has 13 nitrogen and oxygen atoms in total. The molecule has 0 saturated carbocycles. The highest BCUT2D eigenvalue weighted by atomic mass is 16.7. The molecule has 0 aliphatic carbocycles. The number of esters is 6. The van der Waals surface area contributed by atoms with Crippen LogP contribution in [0, 0.1) is 0 Å². The number of rotatable bonds is 21. The molecule has 3 atom stereocenters. The maximum atomic E-state index is 12.5. The Morgan fingerprint density at radius 3 is 1.36 bits per heavy atom. The van der Waals surface area contributed by atoms with E-state index in [1.54, 1.807) is 0 Å². The Hall–Kier alpha value is -4.00. The third-order valence-electron chi connectivity index (χ3n) is 5.67. The molecule has 1 saturated heterocycles. The van der Waals surface area contributed by atoms with Gasteiger partial charge < -0.3 is 33.2 Å². The monoisotopic (exact) mass is 596 g/mol. The van der Waals surface area contributed by atoms with Gasteiger partial charge in [0.15, 0.2) is 6.10 Å². The summed E-state index contributed by atoms with van der Waals surface area (Å²) >= 11 is 0. The predicted molar refractivity (Wildman–Crippen MR) is 145 cm³/mol. The molecule has 1 rings (SSSR count). The number of carbonyl (C=O) groups is 6. The minimum atomic E-state index is -1.03. The first-order valence-electron chi connectivity index (χ1n) is 13.8. The zero-order valence-electron chi connectivity index (χ0n) is 23.8. The first-order valence-corrected chi connectivity index (χ1v) is 13.8. The summed E-state index contributed by atoms with van der Waals surface area (Å²) in [5.74, 6) is -3.34. The van der Waals surface area contributed by atoms with Crippen LogP contribution in [-0.4, -0.2) is 80.7 Å². The van der Waals surface area contributed by atoms with Gasteiger partial charge in [-0.15, -0.1) is 0 Å². The Balaban J connectivity index is 2.58. The Morgan fingerprint density at radius 2 is 0.952 bits per heavy atom. The molecule has 1 heterocycles. The van der Waals surface area contributed by atoms with E-state index in [9.17, 15) is 28.8 Å². The van der Waals surface area contributed by atoms with Crippen LogP contribution in [0.25, 0.3) is 0 Å². The molecule has 0 N–H and O–H groups in total. The van der Waals surface area contributed by atoms with E-state index < -0.39 is 54.3 Å². The second-order valence-electron chi connectivity index (χ2n) is 9.03. The van der Waals surface area contributed by atoms with Gasteiger partial charge in [0.2, 0.25) is 6.29 Å². The Morgan fingerprint density at radius 1 is 0.571 bits per heavy atom. The van der Waals surface area contributed by atoms with Crippen molar-refractivity contribution in [3.63, 3.8) is 0 Å². The summed E-state index contributed by atoms with van der Waals surface area (Å²) in [6, 6.07) is 0. The van der Waals surface area contributed by atoms with Gasteiger partial charge in [-0.25, -0.2) is 14.4 Å². The van der Waals surface area contributed by atoms with Crippen LogP contribution in [0.3, 0.4) is 0 Å². The summed E-state index contributed by atoms with van der Waals surface area (Å²) in [6.07, 6.45) is 2.80. The molecule has 1 aliphatic rings. The zero-order valence-corrected chi connectivity index (χ0v) is 23.8. The van der Waals surface area contributed by atoms with Crippen molar-refractivity contribution in [1.82, 2.24) is 0 Å². The van der Waals surface area contributed by atoms with Crippen LogP contribution in [0.1, 0.15) is 64.2 Å². The molecule has 0 bridgehead atoms. The standard InChI is InChI=1S/C29H40O13/c1-4-23(30)36-16-10-7-13-26(33)40-21-19-29(42-28(35)15-9-12-18-38-25(32)6-3)39-20-22(21)41-27(34)14-8-11-17-37-24(31)5-2/h4-6,21-22,29H,1-3,7-20H2/t21-,22-,29?/m1/s1. The first-order chi connectivity index (χ1) is 20.2. The van der Waals surface area contributed by atoms with E-state index in [1.165, 1.54) is 0 Å². The number of unbranched alkanes of at least 4 members (excludes halogenated alkanes) is 3. The summed E-state index contributed by atoms with van der Waals surface area (Å²) < 4.78 is 36.5. The highest BCUT2D eigenvalue weighted by Crippen LogP contribution is 2.23. The third-order valence-corrected chi connectivity index (χ3v) is 5.67. The molecule has 0 aromatic rings. The summed E-state index contributed by atoms with van der Waals surface area (Å²) in [7, 11) is 0. The maximum absolute atomic E-state index is 12.5. The minimum absolute atomic E-state index is 0.0218. The van der Waals surface area contributed by atoms with E-state index in [4.69, 9.17) is 33.2 Å². The Kier molecular flexibility index (Phi) is 18.6. The highest BCUT2D eigenvalue weighted by Gasteiger charge is 2.38. The lowest BCUT2D eigenvalue weighted by atomic mass is 10.1. The van der Waals surface area contributed by atoms with Crippen LogP contribution in [0.15, 0.2) is 38.0 Å². The topological polar surface area (TPSA) is 167 Å². The number of hydrogen-bond acceptors (Lipinski definition) is 13. The molecule has 13 heteroatoms. The third kappa shape index (κ3) is 17.0. The van der Waals surface area contributed by atoms with Gasteiger partial charge in [-0.1, -0.05) is 19.7 Å². The molecule has 0 aromatic heterocycles. The molecule has 1 unspecified atom stereocenters. The largest absolute Gasteiger partial charge is 0.463 e. The van der Waals surface area contributed by atoms with Gasteiger partial charge in [-0.3, -0.25) is 14.4 Å². The lowest BCUT2D eigenvalue weighted by Crippen LogP contribution is -2.47. The van der Waals surface area contributed by atoms with Gasteiger partial charge in [0, 0.05) is 37.5 Å². The molecule has 0 spiro atoms. The van der Waals surface area contributed by atoms with E-state index in [2.05, 4.69) is 19.7 Å². The van der Waals surface area contributed by atoms with Crippen molar-refractivity contribution < 1.29 is 61.9 Å². The smallest absolute Gasteiger partial charge is 0.330 e. The van der Waals surface area contributed by atoms with Crippen LogP contribution in [0.5, 0.6) is 0 Å². The first kappa shape index (κ1) is 36.0. The van der Waals surface area contributed by atoms with Crippen molar-refractivity contribution in [3.05, 3.63) is 38.0 Å².